The number of aromatic nitrogens is 3. The molecule has 0 saturated carbocycles. The molecule has 10 nitrogen and oxygen atoms in total. The Morgan fingerprint density at radius 2 is 2.00 bits per heavy atom. The van der Waals surface area contributed by atoms with Gasteiger partial charge in [0.15, 0.2) is 0 Å². The Labute approximate surface area is 112 Å². The molecule has 2 N–H and O–H groups in total. The van der Waals surface area contributed by atoms with Gasteiger partial charge >= 0.3 is 11.7 Å². The normalized spacial score (nSPS) is 13.2. The van der Waals surface area contributed by atoms with Gasteiger partial charge in [0.05, 0.1) is 11.9 Å². The first kappa shape index (κ1) is 14.8. The SMILES string of the molecule is C=C1C=NN(C)C(=O)N1.Cn1nc(C#N)c(=O)[nH]c1=O. The van der Waals surface area contributed by atoms with Crippen LogP contribution < -0.4 is 16.6 Å². The number of nitriles is 1. The standard InChI is InChI=1S/C5H4N4O2.C5H7N3O/c1-9-5(11)7-4(10)3(2-6)8-9;1-4-3-6-8(2)5(9)7-4/h1H3,(H,7,10,11);3H,1H2,2H3,(H,7,9). The lowest BCUT2D eigenvalue weighted by Gasteiger charge is -2.16. The van der Waals surface area contributed by atoms with E-state index < -0.39 is 11.2 Å². The number of carbonyl (C=O) groups excluding carboxylic acids is 1. The van der Waals surface area contributed by atoms with E-state index in [2.05, 4.69) is 22.1 Å². The zero-order valence-electron chi connectivity index (χ0n) is 10.7. The lowest BCUT2D eigenvalue weighted by molar-refractivity contribution is 0.212. The zero-order valence-corrected chi connectivity index (χ0v) is 10.7. The second kappa shape index (κ2) is 6.10. The molecule has 10 heteroatoms. The molecular formula is C10H11N7O3. The molecule has 1 aromatic rings. The fourth-order valence-corrected chi connectivity index (χ4v) is 1.01. The summed E-state index contributed by atoms with van der Waals surface area (Å²) < 4.78 is 0.889. The first-order valence-electron chi connectivity index (χ1n) is 5.20. The number of nitrogens with zero attached hydrogens (tertiary/aromatic N) is 5. The highest BCUT2D eigenvalue weighted by Crippen LogP contribution is 1.93. The summed E-state index contributed by atoms with van der Waals surface area (Å²) in [5, 5.41) is 19.0. The van der Waals surface area contributed by atoms with Crippen LogP contribution in [0.3, 0.4) is 0 Å². The van der Waals surface area contributed by atoms with Crippen LogP contribution in [0.1, 0.15) is 5.69 Å². The molecule has 0 aliphatic carbocycles. The van der Waals surface area contributed by atoms with Crippen LogP contribution in [0.15, 0.2) is 27.0 Å². The molecule has 0 spiro atoms. The highest BCUT2D eigenvalue weighted by atomic mass is 16.2. The number of hydrazone groups is 1. The summed E-state index contributed by atoms with van der Waals surface area (Å²) in [6, 6.07) is 1.30. The Hall–Kier alpha value is -3.22. The fraction of sp³-hybridized carbons (Fsp3) is 0.200. The topological polar surface area (TPSA) is 136 Å². The van der Waals surface area contributed by atoms with Gasteiger partial charge in [-0.1, -0.05) is 6.58 Å². The lowest BCUT2D eigenvalue weighted by atomic mass is 10.5. The molecule has 0 bridgehead atoms. The summed E-state index contributed by atoms with van der Waals surface area (Å²) in [4.78, 5) is 33.9. The van der Waals surface area contributed by atoms with Gasteiger partial charge < -0.3 is 5.32 Å². The van der Waals surface area contributed by atoms with Crippen LogP contribution in [0, 0.1) is 11.3 Å². The van der Waals surface area contributed by atoms with Crippen molar-refractivity contribution in [3.8, 4) is 6.07 Å². The minimum atomic E-state index is -0.754. The fourth-order valence-electron chi connectivity index (χ4n) is 1.01. The monoisotopic (exact) mass is 277 g/mol. The Balaban J connectivity index is 0.000000204. The van der Waals surface area contributed by atoms with Crippen molar-refractivity contribution in [2.45, 2.75) is 0 Å². The molecule has 2 amide bonds. The summed E-state index contributed by atoms with van der Waals surface area (Å²) in [5.74, 6) is 0. The van der Waals surface area contributed by atoms with Gasteiger partial charge in [0.2, 0.25) is 5.69 Å². The smallest absolute Gasteiger partial charge is 0.305 e. The molecule has 1 aliphatic rings. The third-order valence-corrected chi connectivity index (χ3v) is 2.03. The van der Waals surface area contributed by atoms with Crippen molar-refractivity contribution in [1.82, 2.24) is 25.1 Å². The van der Waals surface area contributed by atoms with Gasteiger partial charge in [0.25, 0.3) is 5.56 Å². The maximum absolute atomic E-state index is 10.7. The molecule has 0 unspecified atom stereocenters. The summed E-state index contributed by atoms with van der Waals surface area (Å²) in [5.41, 5.74) is -1.17. The number of aryl methyl sites for hydroxylation is 1. The van der Waals surface area contributed by atoms with Gasteiger partial charge in [-0.3, -0.25) is 9.78 Å². The quantitative estimate of drug-likeness (QED) is 0.593. The number of hydrogen-bond acceptors (Lipinski definition) is 6. The van der Waals surface area contributed by atoms with E-state index in [1.807, 2.05) is 4.98 Å². The van der Waals surface area contributed by atoms with E-state index in [1.165, 1.54) is 18.3 Å². The lowest BCUT2D eigenvalue weighted by Crippen LogP contribution is -2.37. The Morgan fingerprint density at radius 1 is 1.35 bits per heavy atom. The van der Waals surface area contributed by atoms with Gasteiger partial charge in [-0.15, -0.1) is 0 Å². The average Bonchev–Trinajstić information content (AvgIpc) is 2.39. The van der Waals surface area contributed by atoms with Crippen LogP contribution in [0.25, 0.3) is 0 Å². The Bertz CT molecular complexity index is 722. The first-order valence-corrected chi connectivity index (χ1v) is 5.20. The van der Waals surface area contributed by atoms with E-state index >= 15 is 0 Å². The minimum absolute atomic E-state index is 0.248. The summed E-state index contributed by atoms with van der Waals surface area (Å²) in [6.07, 6.45) is 1.49. The summed E-state index contributed by atoms with van der Waals surface area (Å²) >= 11 is 0. The van der Waals surface area contributed by atoms with Gasteiger partial charge in [0, 0.05) is 14.1 Å². The molecule has 0 radical (unpaired) electrons. The number of nitrogens with one attached hydrogen (secondary N) is 2. The Morgan fingerprint density at radius 3 is 2.50 bits per heavy atom. The van der Waals surface area contributed by atoms with Crippen molar-refractivity contribution in [2.75, 3.05) is 7.05 Å². The maximum atomic E-state index is 10.7. The summed E-state index contributed by atoms with van der Waals surface area (Å²) in [6.45, 7) is 3.49. The van der Waals surface area contributed by atoms with E-state index in [4.69, 9.17) is 5.26 Å². The molecule has 0 aromatic carbocycles. The molecule has 20 heavy (non-hydrogen) atoms. The highest BCUT2D eigenvalue weighted by molar-refractivity contribution is 5.90. The molecule has 0 saturated heterocycles. The third kappa shape index (κ3) is 3.64. The molecule has 1 aliphatic heterocycles. The van der Waals surface area contributed by atoms with Crippen LogP contribution in [-0.2, 0) is 7.05 Å². The van der Waals surface area contributed by atoms with Crippen molar-refractivity contribution in [3.05, 3.63) is 38.8 Å². The number of H-pyrrole nitrogens is 1. The maximum Gasteiger partial charge on any atom is 0.344 e. The van der Waals surface area contributed by atoms with E-state index in [-0.39, 0.29) is 11.7 Å². The number of amides is 2. The van der Waals surface area contributed by atoms with E-state index in [1.54, 1.807) is 13.1 Å². The van der Waals surface area contributed by atoms with Crippen LogP contribution >= 0.6 is 0 Å². The van der Waals surface area contributed by atoms with Crippen molar-refractivity contribution in [3.63, 3.8) is 0 Å². The van der Waals surface area contributed by atoms with Gasteiger partial charge in [-0.2, -0.15) is 15.5 Å². The molecule has 0 atom stereocenters. The number of allylic oxidation sites excluding steroid dienone is 1. The number of carbonyl (C=O) groups is 1. The van der Waals surface area contributed by atoms with Gasteiger partial charge in [-0.25, -0.2) is 19.3 Å². The van der Waals surface area contributed by atoms with Crippen LogP contribution in [0.5, 0.6) is 0 Å². The minimum Gasteiger partial charge on any atom is -0.305 e. The molecule has 104 valence electrons. The molecule has 0 fully saturated rings. The van der Waals surface area contributed by atoms with Crippen LogP contribution in [0.4, 0.5) is 4.79 Å². The number of hydrogen-bond donors (Lipinski definition) is 2. The summed E-state index contributed by atoms with van der Waals surface area (Å²) in [7, 11) is 2.91. The second-order valence-electron chi connectivity index (χ2n) is 3.57. The van der Waals surface area contributed by atoms with Gasteiger partial charge in [-0.05, 0) is 0 Å². The highest BCUT2D eigenvalue weighted by Gasteiger charge is 2.10. The van der Waals surface area contributed by atoms with Crippen molar-refractivity contribution in [1.29, 1.82) is 5.26 Å². The van der Waals surface area contributed by atoms with Crippen LogP contribution in [0.2, 0.25) is 0 Å². The van der Waals surface area contributed by atoms with Gasteiger partial charge in [0.1, 0.15) is 6.07 Å². The van der Waals surface area contributed by atoms with E-state index in [0.29, 0.717) is 5.70 Å². The number of aromatic amines is 1. The molecule has 2 rings (SSSR count). The van der Waals surface area contributed by atoms with Crippen molar-refractivity contribution < 1.29 is 4.79 Å². The average molecular weight is 277 g/mol. The first-order chi connectivity index (χ1) is 9.35. The molecule has 2 heterocycles. The van der Waals surface area contributed by atoms with E-state index in [9.17, 15) is 14.4 Å². The number of rotatable bonds is 0. The number of urea groups is 1. The largest absolute Gasteiger partial charge is 0.344 e. The predicted octanol–water partition coefficient (Wildman–Crippen LogP) is -1.52. The molecular weight excluding hydrogens is 266 g/mol. The third-order valence-electron chi connectivity index (χ3n) is 2.03. The zero-order chi connectivity index (χ0) is 15.3. The van der Waals surface area contributed by atoms with Crippen molar-refractivity contribution in [2.24, 2.45) is 12.1 Å². The van der Waals surface area contributed by atoms with E-state index in [0.717, 1.165) is 4.68 Å². The second-order valence-corrected chi connectivity index (χ2v) is 3.57. The van der Waals surface area contributed by atoms with Crippen molar-refractivity contribution >= 4 is 12.2 Å². The predicted molar refractivity (Wildman–Crippen MR) is 68.7 cm³/mol. The molecule has 1 aromatic heterocycles. The van der Waals surface area contributed by atoms with Crippen LogP contribution in [-0.4, -0.2) is 39.1 Å². The Kier molecular flexibility index (Phi) is 4.52.